The highest BCUT2D eigenvalue weighted by atomic mass is 16.6. The van der Waals surface area contributed by atoms with E-state index in [4.69, 9.17) is 18.9 Å². The van der Waals surface area contributed by atoms with Gasteiger partial charge in [0.25, 0.3) is 0 Å². The van der Waals surface area contributed by atoms with E-state index in [9.17, 15) is 29.6 Å². The van der Waals surface area contributed by atoms with Crippen LogP contribution in [0.3, 0.4) is 0 Å². The normalized spacial score (nSPS) is 37.6. The van der Waals surface area contributed by atoms with Crippen LogP contribution < -0.4 is 5.32 Å². The molecule has 368 valence electrons. The van der Waals surface area contributed by atoms with Crippen molar-refractivity contribution in [1.82, 2.24) is 20.3 Å². The van der Waals surface area contributed by atoms with Crippen molar-refractivity contribution in [2.45, 2.75) is 243 Å². The Hall–Kier alpha value is -3.40. The fraction of sp³-hybridized carbons (Fsp3) is 0.765. The van der Waals surface area contributed by atoms with Gasteiger partial charge in [-0.3, -0.25) is 4.90 Å². The average Bonchev–Trinajstić information content (AvgIpc) is 3.12. The predicted octanol–water partition coefficient (Wildman–Crippen LogP) is 8.69. The first-order valence-corrected chi connectivity index (χ1v) is 23.4. The smallest absolute Gasteiger partial charge is 0.333 e. The number of likely N-dealkylation sites (tertiary alicyclic amines) is 1. The number of carbonyl (C=O) groups excluding carboxylic acids is 4. The minimum Gasteiger partial charge on any atom is -0.459 e. The van der Waals surface area contributed by atoms with E-state index in [0.29, 0.717) is 93.8 Å². The number of nitrogens with zero attached hydrogens (tertiary/aromatic N) is 3. The first-order chi connectivity index (χ1) is 29.4. The zero-order chi connectivity index (χ0) is 49.7. The average molecular weight is 913 g/mol. The van der Waals surface area contributed by atoms with Gasteiger partial charge >= 0.3 is 23.9 Å². The Morgan fingerprint density at radius 3 is 1.26 bits per heavy atom. The number of piperidine rings is 4. The molecular formula is C51H84N4O10. The molecule has 0 saturated carbocycles. The Bertz CT molecular complexity index is 1910. The van der Waals surface area contributed by atoms with Crippen LogP contribution in [0.4, 0.5) is 0 Å². The monoisotopic (exact) mass is 913 g/mol. The van der Waals surface area contributed by atoms with E-state index in [-0.39, 0.29) is 11.7 Å². The highest BCUT2D eigenvalue weighted by Gasteiger charge is 2.59. The molecule has 4 rings (SSSR count). The minimum atomic E-state index is -0.921. The molecule has 65 heavy (non-hydrogen) atoms. The molecule has 10 unspecified atom stereocenters. The number of carbonyl (C=O) groups is 4. The number of rotatable bonds is 15. The molecule has 0 bridgehead atoms. The van der Waals surface area contributed by atoms with E-state index < -0.39 is 86.5 Å². The summed E-state index contributed by atoms with van der Waals surface area (Å²) in [6.45, 7) is 42.1. The Morgan fingerprint density at radius 1 is 0.492 bits per heavy atom. The summed E-state index contributed by atoms with van der Waals surface area (Å²) in [5, 5.41) is 31.4. The first kappa shape index (κ1) is 54.2. The van der Waals surface area contributed by atoms with E-state index in [1.807, 2.05) is 34.6 Å². The summed E-state index contributed by atoms with van der Waals surface area (Å²) < 4.78 is 24.3. The predicted molar refractivity (Wildman–Crippen MR) is 251 cm³/mol. The molecule has 3 N–H and O–H groups in total. The zero-order valence-electron chi connectivity index (χ0n) is 42.6. The van der Waals surface area contributed by atoms with Gasteiger partial charge in [0.1, 0.15) is 24.4 Å². The summed E-state index contributed by atoms with van der Waals surface area (Å²) >= 11 is 0. The lowest BCUT2D eigenvalue weighted by Crippen LogP contribution is -2.70. The standard InChI is InChI=1S/C51H84N4O10/c1-32(2)40(56)62-36-22-44(9,10)52-46(13,24-36)30-50(17)29-39(65-43(59)35(7)8)26-48(15,55(50)61)21-20-47(14)25-38(64-42(58)34(5)6)27-49(16,53(47)19)31-51(18)28-37(63-41(57)33(3)4)23-45(11,12)54(51)60/h36-39,52,60-61H,1,3,5,7,20-31H2,2,4,6,8-19H3. The van der Waals surface area contributed by atoms with E-state index in [1.54, 1.807) is 27.7 Å². The summed E-state index contributed by atoms with van der Waals surface area (Å²) in [4.78, 5) is 54.3. The van der Waals surface area contributed by atoms with Crippen molar-refractivity contribution in [3.63, 3.8) is 0 Å². The van der Waals surface area contributed by atoms with Crippen LogP contribution in [0.1, 0.15) is 174 Å². The molecule has 10 atom stereocenters. The number of hydrogen-bond acceptors (Lipinski definition) is 14. The molecule has 0 amide bonds. The third-order valence-electron chi connectivity index (χ3n) is 15.1. The minimum absolute atomic E-state index is 0.285. The van der Waals surface area contributed by atoms with Crippen LogP contribution >= 0.6 is 0 Å². The van der Waals surface area contributed by atoms with Crippen molar-refractivity contribution < 1.29 is 48.5 Å². The van der Waals surface area contributed by atoms with Crippen molar-refractivity contribution in [3.8, 4) is 0 Å². The maximum atomic E-state index is 13.2. The number of hydroxylamine groups is 4. The molecule has 0 radical (unpaired) electrons. The number of ether oxygens (including phenoxy) is 4. The van der Waals surface area contributed by atoms with Crippen LogP contribution in [0.25, 0.3) is 0 Å². The first-order valence-electron chi connectivity index (χ1n) is 23.4. The quantitative estimate of drug-likeness (QED) is 0.0811. The summed E-state index contributed by atoms with van der Waals surface area (Å²) in [5.74, 6) is -1.88. The Labute approximate surface area is 390 Å². The van der Waals surface area contributed by atoms with Gasteiger partial charge in [0.15, 0.2) is 0 Å². The van der Waals surface area contributed by atoms with Gasteiger partial charge in [0, 0.05) is 118 Å². The van der Waals surface area contributed by atoms with Crippen LogP contribution in [0.5, 0.6) is 0 Å². The maximum Gasteiger partial charge on any atom is 0.333 e. The number of nitrogens with one attached hydrogen (secondary N) is 1. The summed E-state index contributed by atoms with van der Waals surface area (Å²) in [6, 6.07) is 0. The fourth-order valence-corrected chi connectivity index (χ4v) is 12.6. The molecule has 4 saturated heterocycles. The SMILES string of the molecule is C=C(C)C(=O)OC1CC(C)(C)NC(C)(CC2(C)CC(OC(=O)C(=C)C)CC(C)(CCC3(C)CC(OC(=O)C(=C)C)CC(C)(CC4(C)CC(OC(=O)C(=C)C)CC(C)(C)N4O)N3C)N2O)C1. The lowest BCUT2D eigenvalue weighted by atomic mass is 9.65. The van der Waals surface area contributed by atoms with Crippen LogP contribution in [0.15, 0.2) is 48.6 Å². The molecule has 0 aromatic heterocycles. The van der Waals surface area contributed by atoms with Crippen molar-refractivity contribution in [1.29, 1.82) is 0 Å². The van der Waals surface area contributed by atoms with Gasteiger partial charge in [-0.15, -0.1) is 0 Å². The van der Waals surface area contributed by atoms with Gasteiger partial charge in [-0.1, -0.05) is 26.3 Å². The lowest BCUT2D eigenvalue weighted by molar-refractivity contribution is -0.281. The van der Waals surface area contributed by atoms with Gasteiger partial charge < -0.3 is 34.7 Å². The highest BCUT2D eigenvalue weighted by molar-refractivity contribution is 5.88. The van der Waals surface area contributed by atoms with Crippen molar-refractivity contribution in [2.24, 2.45) is 0 Å². The molecule has 4 aliphatic rings. The second-order valence-corrected chi connectivity index (χ2v) is 23.8. The summed E-state index contributed by atoms with van der Waals surface area (Å²) in [7, 11) is 2.07. The molecule has 0 aliphatic carbocycles. The Morgan fingerprint density at radius 2 is 0.831 bits per heavy atom. The Kier molecular flexibility index (Phi) is 15.8. The van der Waals surface area contributed by atoms with Gasteiger partial charge in [-0.25, -0.2) is 19.2 Å². The van der Waals surface area contributed by atoms with Gasteiger partial charge in [0.05, 0.1) is 0 Å². The largest absolute Gasteiger partial charge is 0.459 e. The second-order valence-electron chi connectivity index (χ2n) is 23.8. The molecule has 0 spiro atoms. The van der Waals surface area contributed by atoms with Gasteiger partial charge in [0.2, 0.25) is 0 Å². The van der Waals surface area contributed by atoms with Crippen LogP contribution in [-0.2, 0) is 38.1 Å². The fourth-order valence-electron chi connectivity index (χ4n) is 12.6. The number of esters is 4. The van der Waals surface area contributed by atoms with Crippen LogP contribution in [0.2, 0.25) is 0 Å². The maximum absolute atomic E-state index is 13.2. The van der Waals surface area contributed by atoms with E-state index in [1.165, 1.54) is 10.1 Å². The molecule has 4 aliphatic heterocycles. The number of hydrogen-bond donors (Lipinski definition) is 3. The second kappa shape index (κ2) is 18.9. The van der Waals surface area contributed by atoms with E-state index in [2.05, 4.69) is 78.2 Å². The zero-order valence-corrected chi connectivity index (χ0v) is 42.6. The summed E-state index contributed by atoms with van der Waals surface area (Å²) in [5.41, 5.74) is -4.53. The molecule has 14 heteroatoms. The van der Waals surface area contributed by atoms with Crippen molar-refractivity contribution in [3.05, 3.63) is 48.6 Å². The van der Waals surface area contributed by atoms with Gasteiger partial charge in [-0.05, 0) is 130 Å². The molecule has 4 fully saturated rings. The van der Waals surface area contributed by atoms with E-state index >= 15 is 0 Å². The van der Waals surface area contributed by atoms with Crippen LogP contribution in [0, 0.1) is 0 Å². The van der Waals surface area contributed by atoms with Gasteiger partial charge in [-0.2, -0.15) is 10.1 Å². The molecule has 0 aromatic carbocycles. The Balaban J connectivity index is 1.72. The van der Waals surface area contributed by atoms with E-state index in [0.717, 1.165) is 0 Å². The van der Waals surface area contributed by atoms with Crippen molar-refractivity contribution >= 4 is 23.9 Å². The molecule has 14 nitrogen and oxygen atoms in total. The third-order valence-corrected chi connectivity index (χ3v) is 15.1. The highest BCUT2D eigenvalue weighted by Crippen LogP contribution is 2.52. The topological polar surface area (TPSA) is 167 Å². The summed E-state index contributed by atoms with van der Waals surface area (Å²) in [6.07, 6.45) is 3.45. The van der Waals surface area contributed by atoms with Crippen LogP contribution in [-0.4, -0.2) is 125 Å². The molecule has 0 aromatic rings. The molecule has 4 heterocycles. The lowest BCUT2D eigenvalue weighted by Gasteiger charge is -2.61. The van der Waals surface area contributed by atoms with Crippen molar-refractivity contribution in [2.75, 3.05) is 7.05 Å². The third kappa shape index (κ3) is 12.4. The molecular weight excluding hydrogens is 829 g/mol.